The van der Waals surface area contributed by atoms with Crippen molar-refractivity contribution in [1.82, 2.24) is 0 Å². The molecule has 0 radical (unpaired) electrons. The maximum absolute atomic E-state index is 3.74. The van der Waals surface area contributed by atoms with Gasteiger partial charge >= 0.3 is 0 Å². The van der Waals surface area contributed by atoms with Crippen molar-refractivity contribution in [3.63, 3.8) is 0 Å². The van der Waals surface area contributed by atoms with Gasteiger partial charge in [0.15, 0.2) is 0 Å². The number of fused-ring (bicyclic) bond motifs is 2. The van der Waals surface area contributed by atoms with Crippen LogP contribution < -0.4 is 0 Å². The van der Waals surface area contributed by atoms with E-state index in [-0.39, 0.29) is 0 Å². The zero-order valence-electron chi connectivity index (χ0n) is 10.7. The Bertz CT molecular complexity index is 695. The molecule has 0 unspecified atom stereocenters. The van der Waals surface area contributed by atoms with Gasteiger partial charge in [-0.2, -0.15) is 0 Å². The summed E-state index contributed by atoms with van der Waals surface area (Å²) in [6.07, 6.45) is 4.79. The normalized spacial score (nSPS) is 20.5. The molecule has 2 aliphatic carbocycles. The van der Waals surface area contributed by atoms with Gasteiger partial charge in [-0.3, -0.25) is 0 Å². The van der Waals surface area contributed by atoms with E-state index >= 15 is 0 Å². The first-order valence-corrected chi connectivity index (χ1v) is 7.72. The lowest BCUT2D eigenvalue weighted by Crippen LogP contribution is -1.87. The third-order valence-electron chi connectivity index (χ3n) is 4.40. The first-order valence-electron chi connectivity index (χ1n) is 6.92. The van der Waals surface area contributed by atoms with Crippen molar-refractivity contribution in [3.8, 4) is 0 Å². The van der Waals surface area contributed by atoms with Crippen LogP contribution in [0.1, 0.15) is 35.1 Å². The first kappa shape index (κ1) is 11.5. The van der Waals surface area contributed by atoms with Gasteiger partial charge in [0.25, 0.3) is 0 Å². The highest BCUT2D eigenvalue weighted by atomic mass is 79.9. The highest BCUT2D eigenvalue weighted by Crippen LogP contribution is 2.45. The second-order valence-corrected chi connectivity index (χ2v) is 6.24. The molecule has 2 aromatic carbocycles. The molecule has 4 rings (SSSR count). The average Bonchev–Trinajstić information content (AvgIpc) is 3.02. The van der Waals surface area contributed by atoms with E-state index in [1.165, 1.54) is 52.4 Å². The van der Waals surface area contributed by atoms with Crippen LogP contribution in [-0.2, 0) is 12.8 Å². The van der Waals surface area contributed by atoms with Gasteiger partial charge in [-0.15, -0.1) is 0 Å². The molecular formula is C18H15Br. The summed E-state index contributed by atoms with van der Waals surface area (Å²) in [5.74, 6) is 0. The number of aryl methyl sites for hydroxylation is 2. The fraction of sp³-hybridized carbons (Fsp3) is 0.222. The topological polar surface area (TPSA) is 0 Å². The molecule has 1 heteroatoms. The number of hydrogen-bond acceptors (Lipinski definition) is 0. The molecule has 0 aromatic heterocycles. The molecule has 0 N–H and O–H groups in total. The van der Waals surface area contributed by atoms with Crippen LogP contribution in [-0.4, -0.2) is 0 Å². The molecule has 0 atom stereocenters. The van der Waals surface area contributed by atoms with Crippen molar-refractivity contribution in [2.75, 3.05) is 0 Å². The van der Waals surface area contributed by atoms with Crippen LogP contribution >= 0.6 is 15.9 Å². The summed E-state index contributed by atoms with van der Waals surface area (Å²) in [7, 11) is 0. The first-order chi connectivity index (χ1) is 9.34. The maximum atomic E-state index is 3.74. The molecule has 0 nitrogen and oxygen atoms in total. The molecule has 0 saturated carbocycles. The van der Waals surface area contributed by atoms with Crippen molar-refractivity contribution in [1.29, 1.82) is 0 Å². The van der Waals surface area contributed by atoms with E-state index in [1.807, 2.05) is 0 Å². The van der Waals surface area contributed by atoms with E-state index < -0.39 is 0 Å². The fourth-order valence-corrected chi connectivity index (χ4v) is 4.19. The van der Waals surface area contributed by atoms with Crippen LogP contribution in [0.4, 0.5) is 0 Å². The zero-order valence-corrected chi connectivity index (χ0v) is 12.3. The summed E-state index contributed by atoms with van der Waals surface area (Å²) >= 11 is 3.74. The van der Waals surface area contributed by atoms with Gasteiger partial charge in [0, 0.05) is 4.47 Å². The molecule has 0 heterocycles. The number of hydrogen-bond donors (Lipinski definition) is 0. The summed E-state index contributed by atoms with van der Waals surface area (Å²) in [5.41, 5.74) is 9.13. The van der Waals surface area contributed by atoms with Crippen LogP contribution in [0.15, 0.2) is 46.9 Å². The maximum Gasteiger partial charge on any atom is 0.0253 e. The predicted molar refractivity (Wildman–Crippen MR) is 84.0 cm³/mol. The van der Waals surface area contributed by atoms with E-state index in [1.54, 1.807) is 11.1 Å². The highest BCUT2D eigenvalue weighted by Gasteiger charge is 2.25. The molecule has 2 aromatic rings. The third-order valence-corrected chi connectivity index (χ3v) is 5.06. The minimum atomic E-state index is 1.19. The van der Waals surface area contributed by atoms with Gasteiger partial charge in [0.05, 0.1) is 0 Å². The monoisotopic (exact) mass is 310 g/mol. The van der Waals surface area contributed by atoms with Crippen LogP contribution in [0.5, 0.6) is 0 Å². The second-order valence-electron chi connectivity index (χ2n) is 5.39. The smallest absolute Gasteiger partial charge is 0.0253 e. The Kier molecular flexibility index (Phi) is 2.63. The number of halogens is 1. The molecule has 0 fully saturated rings. The minimum absolute atomic E-state index is 1.19. The molecule has 2 aliphatic rings. The van der Waals surface area contributed by atoms with E-state index in [9.17, 15) is 0 Å². The third kappa shape index (κ3) is 1.72. The van der Waals surface area contributed by atoms with Gasteiger partial charge in [-0.25, -0.2) is 0 Å². The van der Waals surface area contributed by atoms with Crippen molar-refractivity contribution in [2.24, 2.45) is 0 Å². The molecule has 0 bridgehead atoms. The summed E-state index contributed by atoms with van der Waals surface area (Å²) in [5, 5.41) is 0. The molecule has 19 heavy (non-hydrogen) atoms. The average molecular weight is 311 g/mol. The minimum Gasteiger partial charge on any atom is -0.0620 e. The fourth-order valence-electron chi connectivity index (χ4n) is 3.54. The van der Waals surface area contributed by atoms with E-state index in [4.69, 9.17) is 0 Å². The Balaban J connectivity index is 1.95. The van der Waals surface area contributed by atoms with Crippen molar-refractivity contribution >= 4 is 27.1 Å². The van der Waals surface area contributed by atoms with Crippen molar-refractivity contribution < 1.29 is 0 Å². The van der Waals surface area contributed by atoms with Gasteiger partial charge in [0.2, 0.25) is 0 Å². The van der Waals surface area contributed by atoms with Crippen LogP contribution in [0, 0.1) is 0 Å². The van der Waals surface area contributed by atoms with E-state index in [2.05, 4.69) is 58.4 Å². The lowest BCUT2D eigenvalue weighted by atomic mass is 9.97. The quantitative estimate of drug-likeness (QED) is 0.623. The Morgan fingerprint density at radius 3 is 2.37 bits per heavy atom. The number of allylic oxidation sites excluding steroid dienone is 2. The Hall–Kier alpha value is -1.34. The zero-order chi connectivity index (χ0) is 12.8. The molecule has 0 aliphatic heterocycles. The summed E-state index contributed by atoms with van der Waals surface area (Å²) in [6, 6.07) is 15.5. The molecule has 0 saturated heterocycles. The Labute approximate surface area is 122 Å². The van der Waals surface area contributed by atoms with Crippen molar-refractivity contribution in [2.45, 2.75) is 25.7 Å². The van der Waals surface area contributed by atoms with Gasteiger partial charge in [0.1, 0.15) is 0 Å². The summed E-state index contributed by atoms with van der Waals surface area (Å²) in [6.45, 7) is 0. The summed E-state index contributed by atoms with van der Waals surface area (Å²) in [4.78, 5) is 0. The number of rotatable bonds is 0. The van der Waals surface area contributed by atoms with Gasteiger partial charge < -0.3 is 0 Å². The standard InChI is InChI=1S/C18H15Br/c19-17-7-3-5-13-9-11-16(18(13)17)15-10-8-12-4-1-2-6-14(12)15/h1-7H,8-11H2/b16-15+. The van der Waals surface area contributed by atoms with E-state index in [0.717, 1.165) is 0 Å². The van der Waals surface area contributed by atoms with Crippen LogP contribution in [0.2, 0.25) is 0 Å². The lowest BCUT2D eigenvalue weighted by Gasteiger charge is -2.09. The van der Waals surface area contributed by atoms with Crippen LogP contribution in [0.3, 0.4) is 0 Å². The van der Waals surface area contributed by atoms with Crippen molar-refractivity contribution in [3.05, 3.63) is 69.2 Å². The highest BCUT2D eigenvalue weighted by molar-refractivity contribution is 9.10. The summed E-state index contributed by atoms with van der Waals surface area (Å²) < 4.78 is 1.26. The molecular weight excluding hydrogens is 296 g/mol. The second kappa shape index (κ2) is 4.35. The molecule has 0 amide bonds. The van der Waals surface area contributed by atoms with Crippen LogP contribution in [0.25, 0.3) is 11.1 Å². The van der Waals surface area contributed by atoms with Gasteiger partial charge in [-0.1, -0.05) is 52.3 Å². The SMILES string of the molecule is Brc1cccc2c1/C(=C1\CCc3ccccc31)CC2. The number of benzene rings is 2. The molecule has 0 spiro atoms. The van der Waals surface area contributed by atoms with Gasteiger partial charge in [-0.05, 0) is 65.1 Å². The predicted octanol–water partition coefficient (Wildman–Crippen LogP) is 5.25. The Morgan fingerprint density at radius 1 is 0.684 bits per heavy atom. The largest absolute Gasteiger partial charge is 0.0620 e. The Morgan fingerprint density at radius 2 is 1.42 bits per heavy atom. The molecule has 94 valence electrons. The van der Waals surface area contributed by atoms with E-state index in [0.29, 0.717) is 0 Å². The lowest BCUT2D eigenvalue weighted by molar-refractivity contribution is 1.06.